The highest BCUT2D eigenvalue weighted by atomic mass is 16.7. The molecule has 0 radical (unpaired) electrons. The van der Waals surface area contributed by atoms with Crippen molar-refractivity contribution in [3.63, 3.8) is 0 Å². The van der Waals surface area contributed by atoms with Gasteiger partial charge in [0, 0.05) is 6.92 Å². The lowest BCUT2D eigenvalue weighted by atomic mass is 10.7. The van der Waals surface area contributed by atoms with E-state index in [9.17, 15) is 0 Å². The molecule has 0 unspecified atom stereocenters. The van der Waals surface area contributed by atoms with Gasteiger partial charge in [-0.25, -0.2) is 0 Å². The van der Waals surface area contributed by atoms with Crippen LogP contribution in [0.3, 0.4) is 0 Å². The van der Waals surface area contributed by atoms with Crippen LogP contribution in [-0.2, 0) is 0 Å². The minimum atomic E-state index is -2.50. The van der Waals surface area contributed by atoms with Gasteiger partial charge in [-0.05, 0) is 0 Å². The highest BCUT2D eigenvalue weighted by Gasteiger charge is 2.03. The molecule has 0 spiro atoms. The minimum Gasteiger partial charge on any atom is -0.344 e. The highest BCUT2D eigenvalue weighted by molar-refractivity contribution is 4.21. The van der Waals surface area contributed by atoms with Crippen LogP contribution in [0.1, 0.15) is 20.8 Å². The first-order chi connectivity index (χ1) is 3.00. The Morgan fingerprint density at radius 1 is 1.00 bits per heavy atom. The zero-order valence-corrected chi connectivity index (χ0v) is 4.84. The van der Waals surface area contributed by atoms with Gasteiger partial charge in [-0.2, -0.15) is 0 Å². The van der Waals surface area contributed by atoms with E-state index >= 15 is 0 Å². The lowest BCUT2D eigenvalue weighted by molar-refractivity contribution is -0.297. The molecule has 46 valence electrons. The van der Waals surface area contributed by atoms with Crippen LogP contribution in [0.2, 0.25) is 0 Å². The van der Waals surface area contributed by atoms with Gasteiger partial charge in [-0.15, -0.1) is 0 Å². The lowest BCUT2D eigenvalue weighted by Crippen LogP contribution is -2.20. The molecule has 0 saturated carbocycles. The maximum atomic E-state index is 7.63. The Bertz CT molecular complexity index is 22.4. The molecule has 0 aromatic rings. The number of rotatable bonds is 0. The van der Waals surface area contributed by atoms with Crippen molar-refractivity contribution < 1.29 is 15.3 Å². The molecule has 3 N–H and O–H groups in total. The standard InChI is InChI=1S/C2H6O3.C2H6/c1-2(3,4)5;1-2/h3-5H,1H3;1-2H3. The van der Waals surface area contributed by atoms with E-state index < -0.39 is 5.97 Å². The van der Waals surface area contributed by atoms with Gasteiger partial charge in [-0.1, -0.05) is 13.8 Å². The van der Waals surface area contributed by atoms with E-state index in [2.05, 4.69) is 0 Å². The van der Waals surface area contributed by atoms with Gasteiger partial charge in [0.05, 0.1) is 0 Å². The van der Waals surface area contributed by atoms with Crippen molar-refractivity contribution in [1.82, 2.24) is 0 Å². The molecule has 0 heterocycles. The predicted molar refractivity (Wildman–Crippen MR) is 26.4 cm³/mol. The van der Waals surface area contributed by atoms with Gasteiger partial charge in [0.1, 0.15) is 0 Å². The summed E-state index contributed by atoms with van der Waals surface area (Å²) in [6, 6.07) is 0. The van der Waals surface area contributed by atoms with Crippen molar-refractivity contribution in [2.45, 2.75) is 26.7 Å². The Kier molecular flexibility index (Phi) is 5.78. The third-order valence-corrected chi connectivity index (χ3v) is 0. The van der Waals surface area contributed by atoms with Gasteiger partial charge in [-0.3, -0.25) is 0 Å². The third-order valence-electron chi connectivity index (χ3n) is 0. The maximum Gasteiger partial charge on any atom is 0.272 e. The fourth-order valence-electron chi connectivity index (χ4n) is 0. The van der Waals surface area contributed by atoms with Crippen molar-refractivity contribution in [3.05, 3.63) is 0 Å². The third kappa shape index (κ3) is 6150. The van der Waals surface area contributed by atoms with Crippen molar-refractivity contribution >= 4 is 0 Å². The van der Waals surface area contributed by atoms with E-state index in [4.69, 9.17) is 15.3 Å². The Hall–Kier alpha value is -0.120. The summed E-state index contributed by atoms with van der Waals surface area (Å²) >= 11 is 0. The summed E-state index contributed by atoms with van der Waals surface area (Å²) in [6.45, 7) is 4.85. The first kappa shape index (κ1) is 9.99. The summed E-state index contributed by atoms with van der Waals surface area (Å²) in [5.41, 5.74) is 0. The first-order valence-corrected chi connectivity index (χ1v) is 2.17. The van der Waals surface area contributed by atoms with Crippen LogP contribution in [0, 0.1) is 0 Å². The van der Waals surface area contributed by atoms with Crippen LogP contribution in [0.4, 0.5) is 0 Å². The van der Waals surface area contributed by atoms with Crippen LogP contribution >= 0.6 is 0 Å². The maximum absolute atomic E-state index is 7.63. The van der Waals surface area contributed by atoms with Crippen molar-refractivity contribution in [2.75, 3.05) is 0 Å². The number of aliphatic hydroxyl groups is 3. The molecule has 0 aromatic heterocycles. The van der Waals surface area contributed by atoms with Crippen molar-refractivity contribution in [3.8, 4) is 0 Å². The average Bonchev–Trinajstić information content (AvgIpc) is 1.36. The summed E-state index contributed by atoms with van der Waals surface area (Å²) in [7, 11) is 0. The Balaban J connectivity index is 0. The molecule has 3 nitrogen and oxygen atoms in total. The minimum absolute atomic E-state index is 0.854. The van der Waals surface area contributed by atoms with E-state index in [0.717, 1.165) is 6.92 Å². The molecule has 0 bridgehead atoms. The van der Waals surface area contributed by atoms with Crippen molar-refractivity contribution in [1.29, 1.82) is 0 Å². The van der Waals surface area contributed by atoms with E-state index in [1.807, 2.05) is 13.8 Å². The molecule has 0 saturated heterocycles. The van der Waals surface area contributed by atoms with Gasteiger partial charge in [0.25, 0.3) is 5.97 Å². The van der Waals surface area contributed by atoms with Gasteiger partial charge < -0.3 is 15.3 Å². The molecular weight excluding hydrogens is 96.0 g/mol. The van der Waals surface area contributed by atoms with E-state index in [0.29, 0.717) is 0 Å². The molecule has 0 aromatic carbocycles. The van der Waals surface area contributed by atoms with Gasteiger partial charge in [0.2, 0.25) is 0 Å². The summed E-state index contributed by atoms with van der Waals surface area (Å²) in [4.78, 5) is 0. The molecule has 0 amide bonds. The van der Waals surface area contributed by atoms with Gasteiger partial charge in [0.15, 0.2) is 0 Å². The second kappa shape index (κ2) is 4.05. The predicted octanol–water partition coefficient (Wildman–Crippen LogP) is -0.337. The quantitative estimate of drug-likeness (QED) is 0.372. The molecule has 3 heteroatoms. The zero-order valence-electron chi connectivity index (χ0n) is 4.84. The SMILES string of the molecule is CC.CC(O)(O)O. The lowest BCUT2D eigenvalue weighted by Gasteiger charge is -2.01. The van der Waals surface area contributed by atoms with E-state index in [-0.39, 0.29) is 0 Å². The number of hydrogen-bond acceptors (Lipinski definition) is 3. The normalized spacial score (nSPS) is 9.43. The zero-order chi connectivity index (χ0) is 6.50. The van der Waals surface area contributed by atoms with Crippen LogP contribution in [-0.4, -0.2) is 21.3 Å². The van der Waals surface area contributed by atoms with Crippen LogP contribution < -0.4 is 0 Å². The smallest absolute Gasteiger partial charge is 0.272 e. The Labute approximate surface area is 43.2 Å². The van der Waals surface area contributed by atoms with Gasteiger partial charge >= 0.3 is 0 Å². The molecular formula is C4H12O3. The van der Waals surface area contributed by atoms with Crippen LogP contribution in [0.15, 0.2) is 0 Å². The van der Waals surface area contributed by atoms with E-state index in [1.165, 1.54) is 0 Å². The molecule has 0 fully saturated rings. The topological polar surface area (TPSA) is 60.7 Å². The summed E-state index contributed by atoms with van der Waals surface area (Å²) < 4.78 is 0. The summed E-state index contributed by atoms with van der Waals surface area (Å²) in [5.74, 6) is -2.50. The van der Waals surface area contributed by atoms with Crippen LogP contribution in [0.5, 0.6) is 0 Å². The molecule has 0 aliphatic heterocycles. The Morgan fingerprint density at radius 2 is 1.00 bits per heavy atom. The van der Waals surface area contributed by atoms with Crippen LogP contribution in [0.25, 0.3) is 0 Å². The largest absolute Gasteiger partial charge is 0.344 e. The first-order valence-electron chi connectivity index (χ1n) is 2.17. The number of hydrogen-bond donors (Lipinski definition) is 3. The molecule has 7 heavy (non-hydrogen) atoms. The van der Waals surface area contributed by atoms with Crippen molar-refractivity contribution in [2.24, 2.45) is 0 Å². The molecule has 0 aliphatic rings. The monoisotopic (exact) mass is 108 g/mol. The fraction of sp³-hybridized carbons (Fsp3) is 1.00. The molecule has 0 atom stereocenters. The highest BCUT2D eigenvalue weighted by Crippen LogP contribution is 1.82. The molecule has 0 rings (SSSR count). The second-order valence-electron chi connectivity index (χ2n) is 0.971. The Morgan fingerprint density at radius 3 is 1.00 bits per heavy atom. The summed E-state index contributed by atoms with van der Waals surface area (Å²) in [6.07, 6.45) is 0. The summed E-state index contributed by atoms with van der Waals surface area (Å²) in [5, 5.41) is 22.9. The average molecular weight is 108 g/mol. The molecule has 0 aliphatic carbocycles. The second-order valence-corrected chi connectivity index (χ2v) is 0.971. The fourth-order valence-corrected chi connectivity index (χ4v) is 0. The van der Waals surface area contributed by atoms with E-state index in [1.54, 1.807) is 0 Å².